The van der Waals surface area contributed by atoms with Crippen LogP contribution in [0.2, 0.25) is 0 Å². The van der Waals surface area contributed by atoms with Gasteiger partial charge in [0.15, 0.2) is 0 Å². The van der Waals surface area contributed by atoms with E-state index in [-0.39, 0.29) is 5.97 Å². The van der Waals surface area contributed by atoms with Crippen LogP contribution >= 0.6 is 0 Å². The zero-order valence-electron chi connectivity index (χ0n) is 15.9. The number of carbonyl (C=O) groups excluding carboxylic acids is 3. The van der Waals surface area contributed by atoms with Crippen molar-refractivity contribution in [3.8, 4) is 0 Å². The third kappa shape index (κ3) is 13.8. The van der Waals surface area contributed by atoms with Crippen LogP contribution in [0, 0.1) is 0 Å². The average molecular weight is 367 g/mol. The number of primary amides is 1. The molecule has 0 aliphatic heterocycles. The van der Waals surface area contributed by atoms with E-state index in [1.54, 1.807) is 18.3 Å². The van der Waals surface area contributed by atoms with E-state index in [1.165, 1.54) is 13.3 Å². The molecule has 2 amide bonds. The summed E-state index contributed by atoms with van der Waals surface area (Å²) in [6, 6.07) is 3.29. The second-order valence-electron chi connectivity index (χ2n) is 6.42. The molecule has 0 atom stereocenters. The summed E-state index contributed by atoms with van der Waals surface area (Å²) >= 11 is 0. The van der Waals surface area contributed by atoms with Crippen LogP contribution in [0.5, 0.6) is 0 Å². The standard InChI is InChI=1S/C12H23NO4.C6H6N2O/c1-12(2,3)17-11(15)13-9-7-5-6-8-10(14)16-4;7-6(9)5-2-1-3-8-4-5/h5-9H2,1-4H3,(H,13,15);1-4H,(H2,7,9). The van der Waals surface area contributed by atoms with Crippen molar-refractivity contribution >= 4 is 18.0 Å². The molecule has 0 spiro atoms. The lowest BCUT2D eigenvalue weighted by Crippen LogP contribution is -2.32. The molecular formula is C18H29N3O5. The second-order valence-corrected chi connectivity index (χ2v) is 6.42. The van der Waals surface area contributed by atoms with E-state index in [4.69, 9.17) is 10.5 Å². The van der Waals surface area contributed by atoms with Crippen molar-refractivity contribution in [1.82, 2.24) is 10.3 Å². The summed E-state index contributed by atoms with van der Waals surface area (Å²) in [6.07, 6.45) is 5.55. The predicted molar refractivity (Wildman–Crippen MR) is 97.5 cm³/mol. The van der Waals surface area contributed by atoms with Gasteiger partial charge in [-0.05, 0) is 45.7 Å². The molecule has 0 bridgehead atoms. The number of nitrogens with one attached hydrogen (secondary N) is 1. The molecule has 0 aromatic carbocycles. The number of rotatable bonds is 7. The fourth-order valence-corrected chi connectivity index (χ4v) is 1.69. The van der Waals surface area contributed by atoms with Gasteiger partial charge in [0.2, 0.25) is 5.91 Å². The van der Waals surface area contributed by atoms with Crippen LogP contribution in [-0.2, 0) is 14.3 Å². The molecule has 0 saturated carbocycles. The Labute approximate surface area is 154 Å². The zero-order chi connectivity index (χ0) is 20.0. The highest BCUT2D eigenvalue weighted by molar-refractivity contribution is 5.92. The normalized spacial score (nSPS) is 10.2. The molecule has 146 valence electrons. The van der Waals surface area contributed by atoms with Crippen LogP contribution in [0.1, 0.15) is 56.8 Å². The highest BCUT2D eigenvalue weighted by Crippen LogP contribution is 2.06. The number of amides is 2. The molecule has 8 heteroatoms. The fourth-order valence-electron chi connectivity index (χ4n) is 1.69. The van der Waals surface area contributed by atoms with Gasteiger partial charge in [0, 0.05) is 25.4 Å². The Morgan fingerprint density at radius 2 is 1.88 bits per heavy atom. The Hall–Kier alpha value is -2.64. The molecule has 26 heavy (non-hydrogen) atoms. The van der Waals surface area contributed by atoms with Crippen molar-refractivity contribution in [2.24, 2.45) is 5.73 Å². The summed E-state index contributed by atoms with van der Waals surface area (Å²) in [5.41, 5.74) is 4.91. The number of methoxy groups -OCH3 is 1. The van der Waals surface area contributed by atoms with E-state index in [0.29, 0.717) is 18.5 Å². The Morgan fingerprint density at radius 1 is 1.19 bits per heavy atom. The Balaban J connectivity index is 0.000000577. The minimum atomic E-state index is -0.463. The first kappa shape index (κ1) is 23.4. The molecule has 0 saturated heterocycles. The lowest BCUT2D eigenvalue weighted by Gasteiger charge is -2.19. The highest BCUT2D eigenvalue weighted by atomic mass is 16.6. The summed E-state index contributed by atoms with van der Waals surface area (Å²) in [5, 5.41) is 2.66. The number of hydrogen-bond acceptors (Lipinski definition) is 6. The summed E-state index contributed by atoms with van der Waals surface area (Å²) < 4.78 is 9.60. The molecule has 8 nitrogen and oxygen atoms in total. The minimum Gasteiger partial charge on any atom is -0.469 e. The van der Waals surface area contributed by atoms with E-state index in [9.17, 15) is 14.4 Å². The molecule has 3 N–H and O–H groups in total. The molecule has 0 aliphatic rings. The number of hydrogen-bond donors (Lipinski definition) is 2. The molecule has 1 aromatic rings. The predicted octanol–water partition coefficient (Wildman–Crippen LogP) is 2.42. The molecule has 0 aliphatic carbocycles. The molecule has 1 heterocycles. The molecule has 0 unspecified atom stereocenters. The van der Waals surface area contributed by atoms with Gasteiger partial charge in [-0.25, -0.2) is 4.79 Å². The van der Waals surface area contributed by atoms with Gasteiger partial charge >= 0.3 is 12.1 Å². The molecule has 0 fully saturated rings. The minimum absolute atomic E-state index is 0.190. The summed E-state index contributed by atoms with van der Waals surface area (Å²) in [4.78, 5) is 36.1. The van der Waals surface area contributed by atoms with Crippen LogP contribution in [0.15, 0.2) is 24.5 Å². The first-order valence-corrected chi connectivity index (χ1v) is 8.39. The third-order valence-electron chi connectivity index (χ3n) is 2.90. The summed E-state index contributed by atoms with van der Waals surface area (Å²) in [5.74, 6) is -0.631. The summed E-state index contributed by atoms with van der Waals surface area (Å²) in [6.45, 7) is 6.03. The zero-order valence-corrected chi connectivity index (χ0v) is 15.9. The lowest BCUT2D eigenvalue weighted by atomic mass is 10.2. The first-order chi connectivity index (χ1) is 12.2. The topological polar surface area (TPSA) is 121 Å². The average Bonchev–Trinajstić information content (AvgIpc) is 2.57. The van der Waals surface area contributed by atoms with Crippen molar-refractivity contribution in [2.75, 3.05) is 13.7 Å². The van der Waals surface area contributed by atoms with E-state index in [2.05, 4.69) is 15.0 Å². The maximum absolute atomic E-state index is 11.2. The SMILES string of the molecule is COC(=O)CCCCCNC(=O)OC(C)(C)C.NC(=O)c1cccnc1. The quantitative estimate of drug-likeness (QED) is 0.564. The van der Waals surface area contributed by atoms with E-state index in [0.717, 1.165) is 19.3 Å². The first-order valence-electron chi connectivity index (χ1n) is 8.39. The van der Waals surface area contributed by atoms with Crippen LogP contribution in [-0.4, -0.2) is 42.2 Å². The number of aromatic nitrogens is 1. The van der Waals surface area contributed by atoms with Gasteiger partial charge in [-0.1, -0.05) is 6.42 Å². The van der Waals surface area contributed by atoms with Crippen LogP contribution in [0.25, 0.3) is 0 Å². The van der Waals surface area contributed by atoms with Crippen molar-refractivity contribution in [1.29, 1.82) is 0 Å². The highest BCUT2D eigenvalue weighted by Gasteiger charge is 2.15. The molecular weight excluding hydrogens is 338 g/mol. The maximum Gasteiger partial charge on any atom is 0.407 e. The van der Waals surface area contributed by atoms with Gasteiger partial charge in [0.05, 0.1) is 12.7 Å². The monoisotopic (exact) mass is 367 g/mol. The molecule has 1 aromatic heterocycles. The number of nitrogens with two attached hydrogens (primary N) is 1. The second kappa shape index (κ2) is 12.7. The smallest absolute Gasteiger partial charge is 0.407 e. The van der Waals surface area contributed by atoms with Gasteiger partial charge in [0.25, 0.3) is 0 Å². The van der Waals surface area contributed by atoms with Gasteiger partial charge in [0.1, 0.15) is 5.60 Å². The van der Waals surface area contributed by atoms with Crippen molar-refractivity contribution in [3.63, 3.8) is 0 Å². The number of pyridine rings is 1. The van der Waals surface area contributed by atoms with Gasteiger partial charge in [-0.15, -0.1) is 0 Å². The van der Waals surface area contributed by atoms with Crippen molar-refractivity contribution in [3.05, 3.63) is 30.1 Å². The van der Waals surface area contributed by atoms with Crippen LogP contribution < -0.4 is 11.1 Å². The number of esters is 1. The number of ether oxygens (including phenoxy) is 2. The number of nitrogens with zero attached hydrogens (tertiary/aromatic N) is 1. The van der Waals surface area contributed by atoms with E-state index < -0.39 is 17.6 Å². The lowest BCUT2D eigenvalue weighted by molar-refractivity contribution is -0.140. The van der Waals surface area contributed by atoms with E-state index >= 15 is 0 Å². The van der Waals surface area contributed by atoms with Gasteiger partial charge < -0.3 is 20.5 Å². The number of unbranched alkanes of at least 4 members (excludes halogenated alkanes) is 2. The van der Waals surface area contributed by atoms with E-state index in [1.807, 2.05) is 20.8 Å². The molecule has 1 rings (SSSR count). The maximum atomic E-state index is 11.2. The van der Waals surface area contributed by atoms with Gasteiger partial charge in [-0.2, -0.15) is 0 Å². The third-order valence-corrected chi connectivity index (χ3v) is 2.90. The van der Waals surface area contributed by atoms with Gasteiger partial charge in [-0.3, -0.25) is 14.6 Å². The Bertz CT molecular complexity index is 556. The van der Waals surface area contributed by atoms with Crippen LogP contribution in [0.3, 0.4) is 0 Å². The van der Waals surface area contributed by atoms with Crippen LogP contribution in [0.4, 0.5) is 4.79 Å². The van der Waals surface area contributed by atoms with Crippen molar-refractivity contribution in [2.45, 2.75) is 52.1 Å². The van der Waals surface area contributed by atoms with Crippen molar-refractivity contribution < 1.29 is 23.9 Å². The molecule has 0 radical (unpaired) electrons. The number of carbonyl (C=O) groups is 3. The Kier molecular flexibility index (Phi) is 11.4. The number of alkyl carbamates (subject to hydrolysis) is 1. The largest absolute Gasteiger partial charge is 0.469 e. The summed E-state index contributed by atoms with van der Waals surface area (Å²) in [7, 11) is 1.38. The fraction of sp³-hybridized carbons (Fsp3) is 0.556. The Morgan fingerprint density at radius 3 is 2.35 bits per heavy atom.